The Labute approximate surface area is 139 Å². The van der Waals surface area contributed by atoms with Crippen LogP contribution in [0.4, 0.5) is 10.1 Å². The molecule has 1 fully saturated rings. The van der Waals surface area contributed by atoms with Crippen molar-refractivity contribution in [2.45, 2.75) is 32.7 Å². The molecule has 0 aliphatic carbocycles. The third-order valence-electron chi connectivity index (χ3n) is 3.87. The molecule has 1 saturated heterocycles. The van der Waals surface area contributed by atoms with Gasteiger partial charge in [0.05, 0.1) is 11.3 Å². The first-order valence-electron chi connectivity index (χ1n) is 7.64. The van der Waals surface area contributed by atoms with E-state index in [1.54, 1.807) is 6.07 Å². The van der Waals surface area contributed by atoms with Crippen molar-refractivity contribution in [3.05, 3.63) is 28.0 Å². The van der Waals surface area contributed by atoms with Crippen LogP contribution in [0, 0.1) is 11.7 Å². The molecule has 122 valence electrons. The first kappa shape index (κ1) is 17.2. The third-order valence-corrected chi connectivity index (χ3v) is 4.33. The number of nitrogens with zero attached hydrogens (tertiary/aromatic N) is 1. The highest BCUT2D eigenvalue weighted by Crippen LogP contribution is 2.27. The normalized spacial score (nSPS) is 17.0. The molecular formula is C16H23BrFN3O. The Hall–Kier alpha value is -1.14. The van der Waals surface area contributed by atoms with Crippen LogP contribution in [-0.2, 0) is 0 Å². The number of amides is 1. The van der Waals surface area contributed by atoms with Crippen molar-refractivity contribution in [2.24, 2.45) is 11.7 Å². The average molecular weight is 372 g/mol. The molecule has 0 aromatic heterocycles. The Kier molecular flexibility index (Phi) is 5.81. The predicted octanol–water partition coefficient (Wildman–Crippen LogP) is 3.22. The molecule has 2 rings (SSSR count). The summed E-state index contributed by atoms with van der Waals surface area (Å²) in [4.78, 5) is 13.9. The molecule has 6 heteroatoms. The number of benzene rings is 1. The van der Waals surface area contributed by atoms with E-state index in [0.717, 1.165) is 32.5 Å². The zero-order valence-electron chi connectivity index (χ0n) is 13.0. The van der Waals surface area contributed by atoms with Gasteiger partial charge in [-0.25, -0.2) is 4.39 Å². The lowest BCUT2D eigenvalue weighted by atomic mass is 10.0. The number of hydrogen-bond donors (Lipinski definition) is 2. The van der Waals surface area contributed by atoms with Crippen molar-refractivity contribution >= 4 is 27.5 Å². The second-order valence-electron chi connectivity index (χ2n) is 6.29. The Morgan fingerprint density at radius 2 is 2.09 bits per heavy atom. The molecule has 0 bridgehead atoms. The monoisotopic (exact) mass is 371 g/mol. The Morgan fingerprint density at radius 1 is 1.45 bits per heavy atom. The summed E-state index contributed by atoms with van der Waals surface area (Å²) in [6.07, 6.45) is 1.94. The zero-order chi connectivity index (χ0) is 16.3. The van der Waals surface area contributed by atoms with Gasteiger partial charge in [-0.15, -0.1) is 0 Å². The fourth-order valence-electron chi connectivity index (χ4n) is 2.93. The first-order chi connectivity index (χ1) is 10.4. The van der Waals surface area contributed by atoms with Crippen LogP contribution >= 0.6 is 15.9 Å². The van der Waals surface area contributed by atoms with Gasteiger partial charge in [0.1, 0.15) is 5.82 Å². The minimum absolute atomic E-state index is 0.0622. The van der Waals surface area contributed by atoms with Gasteiger partial charge in [0.15, 0.2) is 0 Å². The van der Waals surface area contributed by atoms with Gasteiger partial charge in [-0.1, -0.05) is 29.8 Å². The molecular weight excluding hydrogens is 349 g/mol. The topological polar surface area (TPSA) is 58.4 Å². The van der Waals surface area contributed by atoms with Gasteiger partial charge in [-0.05, 0) is 30.9 Å². The lowest BCUT2D eigenvalue weighted by molar-refractivity contribution is 0.0997. The zero-order valence-corrected chi connectivity index (χ0v) is 14.6. The summed E-state index contributed by atoms with van der Waals surface area (Å²) in [5.41, 5.74) is 5.72. The van der Waals surface area contributed by atoms with E-state index in [-0.39, 0.29) is 11.6 Å². The largest absolute Gasteiger partial charge is 0.381 e. The molecule has 1 aromatic rings. The number of piperidine rings is 1. The number of carbonyl (C=O) groups excluding carboxylic acids is 1. The predicted molar refractivity (Wildman–Crippen MR) is 90.5 cm³/mol. The molecule has 22 heavy (non-hydrogen) atoms. The SMILES string of the molecule is CC(C)CN1CCC(Nc2cc(Br)cc(F)c2C(N)=O)CC1. The summed E-state index contributed by atoms with van der Waals surface area (Å²) in [5, 5.41) is 3.29. The van der Waals surface area contributed by atoms with Crippen LogP contribution in [-0.4, -0.2) is 36.5 Å². The van der Waals surface area contributed by atoms with Crippen LogP contribution < -0.4 is 11.1 Å². The Bertz CT molecular complexity index is 542. The van der Waals surface area contributed by atoms with E-state index >= 15 is 0 Å². The van der Waals surface area contributed by atoms with E-state index in [2.05, 4.69) is 40.0 Å². The molecule has 1 aliphatic heterocycles. The van der Waals surface area contributed by atoms with Crippen molar-refractivity contribution in [2.75, 3.05) is 25.0 Å². The molecule has 0 spiro atoms. The smallest absolute Gasteiger partial charge is 0.253 e. The third kappa shape index (κ3) is 4.43. The summed E-state index contributed by atoms with van der Waals surface area (Å²) in [6.45, 7) is 7.56. The number of rotatable bonds is 5. The number of nitrogens with two attached hydrogens (primary N) is 1. The van der Waals surface area contributed by atoms with E-state index in [1.807, 2.05) is 0 Å². The maximum atomic E-state index is 13.9. The van der Waals surface area contributed by atoms with E-state index < -0.39 is 11.7 Å². The molecule has 3 N–H and O–H groups in total. The van der Waals surface area contributed by atoms with Crippen molar-refractivity contribution in [1.29, 1.82) is 0 Å². The molecule has 0 saturated carbocycles. The van der Waals surface area contributed by atoms with Gasteiger partial charge in [0.2, 0.25) is 0 Å². The highest BCUT2D eigenvalue weighted by Gasteiger charge is 2.22. The lowest BCUT2D eigenvalue weighted by Gasteiger charge is -2.34. The Balaban J connectivity index is 2.05. The standard InChI is InChI=1S/C16H23BrFN3O/c1-10(2)9-21-5-3-12(4-6-21)20-14-8-11(17)7-13(18)15(14)16(19)22/h7-8,10,12,20H,3-6,9H2,1-2H3,(H2,19,22). The van der Waals surface area contributed by atoms with Gasteiger partial charge < -0.3 is 16.0 Å². The number of primary amides is 1. The maximum Gasteiger partial charge on any atom is 0.253 e. The number of hydrogen-bond acceptors (Lipinski definition) is 3. The van der Waals surface area contributed by atoms with Crippen LogP contribution in [0.2, 0.25) is 0 Å². The summed E-state index contributed by atoms with van der Waals surface area (Å²) in [5.74, 6) is -0.684. The van der Waals surface area contributed by atoms with E-state index in [9.17, 15) is 9.18 Å². The van der Waals surface area contributed by atoms with Gasteiger partial charge in [0.25, 0.3) is 5.91 Å². The van der Waals surface area contributed by atoms with Crippen molar-refractivity contribution < 1.29 is 9.18 Å². The van der Waals surface area contributed by atoms with Crippen molar-refractivity contribution in [1.82, 2.24) is 4.90 Å². The summed E-state index contributed by atoms with van der Waals surface area (Å²) >= 11 is 3.26. The van der Waals surface area contributed by atoms with E-state index in [0.29, 0.717) is 16.1 Å². The van der Waals surface area contributed by atoms with Crippen LogP contribution in [0.5, 0.6) is 0 Å². The number of likely N-dealkylation sites (tertiary alicyclic amines) is 1. The highest BCUT2D eigenvalue weighted by atomic mass is 79.9. The molecule has 1 aliphatic rings. The van der Waals surface area contributed by atoms with Crippen molar-refractivity contribution in [3.8, 4) is 0 Å². The lowest BCUT2D eigenvalue weighted by Crippen LogP contribution is -2.40. The van der Waals surface area contributed by atoms with Crippen LogP contribution in [0.3, 0.4) is 0 Å². The Morgan fingerprint density at radius 3 is 2.64 bits per heavy atom. The highest BCUT2D eigenvalue weighted by molar-refractivity contribution is 9.10. The van der Waals surface area contributed by atoms with Gasteiger partial charge in [-0.2, -0.15) is 0 Å². The average Bonchev–Trinajstić information content (AvgIpc) is 2.39. The van der Waals surface area contributed by atoms with Gasteiger partial charge in [0, 0.05) is 30.1 Å². The first-order valence-corrected chi connectivity index (χ1v) is 8.44. The quantitative estimate of drug-likeness (QED) is 0.835. The minimum atomic E-state index is -0.746. The molecule has 1 heterocycles. The molecule has 4 nitrogen and oxygen atoms in total. The van der Waals surface area contributed by atoms with Crippen LogP contribution in [0.25, 0.3) is 0 Å². The van der Waals surface area contributed by atoms with E-state index in [4.69, 9.17) is 5.73 Å². The molecule has 0 radical (unpaired) electrons. The second-order valence-corrected chi connectivity index (χ2v) is 7.20. The number of nitrogens with one attached hydrogen (secondary N) is 1. The number of anilines is 1. The van der Waals surface area contributed by atoms with Gasteiger partial charge >= 0.3 is 0 Å². The van der Waals surface area contributed by atoms with Crippen LogP contribution in [0.1, 0.15) is 37.0 Å². The molecule has 0 atom stereocenters. The molecule has 0 unspecified atom stereocenters. The summed E-state index contributed by atoms with van der Waals surface area (Å²) < 4.78 is 14.5. The maximum absolute atomic E-state index is 13.9. The fraction of sp³-hybridized carbons (Fsp3) is 0.562. The van der Waals surface area contributed by atoms with E-state index in [1.165, 1.54) is 6.07 Å². The number of halogens is 2. The molecule has 1 amide bonds. The second kappa shape index (κ2) is 7.42. The van der Waals surface area contributed by atoms with Crippen LogP contribution in [0.15, 0.2) is 16.6 Å². The number of carbonyl (C=O) groups is 1. The summed E-state index contributed by atoms with van der Waals surface area (Å²) in [7, 11) is 0. The minimum Gasteiger partial charge on any atom is -0.381 e. The molecule has 1 aromatic carbocycles. The van der Waals surface area contributed by atoms with Crippen molar-refractivity contribution in [3.63, 3.8) is 0 Å². The summed E-state index contributed by atoms with van der Waals surface area (Å²) in [6, 6.07) is 3.20. The van der Waals surface area contributed by atoms with Gasteiger partial charge in [-0.3, -0.25) is 4.79 Å². The fourth-order valence-corrected chi connectivity index (χ4v) is 3.36.